The molecule has 64 valence electrons. The van der Waals surface area contributed by atoms with Gasteiger partial charge in [-0.15, -0.1) is 0 Å². The molecule has 0 amide bonds. The number of benzene rings is 1. The lowest BCUT2D eigenvalue weighted by Crippen LogP contribution is -2.13. The molecule has 0 unspecified atom stereocenters. The molecule has 1 aromatic rings. The molecule has 0 aromatic heterocycles. The third-order valence-corrected chi connectivity index (χ3v) is 1.73. The van der Waals surface area contributed by atoms with Gasteiger partial charge in [0.1, 0.15) is 5.82 Å². The van der Waals surface area contributed by atoms with Crippen LogP contribution in [0.15, 0.2) is 18.2 Å². The lowest BCUT2D eigenvalue weighted by molar-refractivity contribution is 0.100. The molecule has 1 aromatic carbocycles. The third kappa shape index (κ3) is 1.81. The van der Waals surface area contributed by atoms with Gasteiger partial charge in [-0.25, -0.2) is 4.39 Å². The number of carbonyl (C=O) groups is 1. The Morgan fingerprint density at radius 3 is 2.75 bits per heavy atom. The zero-order chi connectivity index (χ0) is 9.14. The van der Waals surface area contributed by atoms with Crippen LogP contribution in [0.5, 0.6) is 0 Å². The molecular weight excluding hydrogens is 181 g/mol. The van der Waals surface area contributed by atoms with E-state index >= 15 is 0 Å². The smallest absolute Gasteiger partial charge is 0.176 e. The van der Waals surface area contributed by atoms with Gasteiger partial charge >= 0.3 is 0 Å². The highest BCUT2D eigenvalue weighted by molar-refractivity contribution is 6.30. The van der Waals surface area contributed by atoms with Crippen molar-refractivity contribution in [1.29, 1.82) is 0 Å². The highest BCUT2D eigenvalue weighted by atomic mass is 35.5. The van der Waals surface area contributed by atoms with Crippen molar-refractivity contribution >= 4 is 17.4 Å². The lowest BCUT2D eigenvalue weighted by atomic mass is 10.1. The molecule has 2 nitrogen and oxygen atoms in total. The van der Waals surface area contributed by atoms with Gasteiger partial charge < -0.3 is 5.73 Å². The summed E-state index contributed by atoms with van der Waals surface area (Å²) >= 11 is 5.41. The number of hydrogen-bond donors (Lipinski definition) is 1. The number of Topliss-reactive ketones (excluding diaryl/α,β-unsaturated/α-hetero) is 1. The average Bonchev–Trinajstić information content (AvgIpc) is 2.08. The van der Waals surface area contributed by atoms with E-state index in [-0.39, 0.29) is 22.9 Å². The van der Waals surface area contributed by atoms with Crippen LogP contribution in [0.25, 0.3) is 0 Å². The van der Waals surface area contributed by atoms with Crippen molar-refractivity contribution < 1.29 is 9.18 Å². The molecule has 0 heterocycles. The Morgan fingerprint density at radius 2 is 2.25 bits per heavy atom. The van der Waals surface area contributed by atoms with Gasteiger partial charge in [0.25, 0.3) is 0 Å². The highest BCUT2D eigenvalue weighted by Gasteiger charge is 2.06. The molecule has 0 saturated heterocycles. The van der Waals surface area contributed by atoms with Crippen LogP contribution in [0.4, 0.5) is 4.39 Å². The van der Waals surface area contributed by atoms with E-state index in [1.807, 2.05) is 0 Å². The van der Waals surface area contributed by atoms with E-state index in [0.717, 1.165) is 6.07 Å². The van der Waals surface area contributed by atoms with Crippen LogP contribution in [0, 0.1) is 5.82 Å². The summed E-state index contributed by atoms with van der Waals surface area (Å²) < 4.78 is 12.8. The van der Waals surface area contributed by atoms with E-state index in [0.29, 0.717) is 0 Å². The van der Waals surface area contributed by atoms with Gasteiger partial charge in [0.2, 0.25) is 0 Å². The summed E-state index contributed by atoms with van der Waals surface area (Å²) in [7, 11) is 0. The molecule has 0 aliphatic heterocycles. The number of rotatable bonds is 2. The van der Waals surface area contributed by atoms with Gasteiger partial charge in [-0.05, 0) is 18.2 Å². The first kappa shape index (κ1) is 9.16. The summed E-state index contributed by atoms with van der Waals surface area (Å²) in [6, 6.07) is 3.86. The fraction of sp³-hybridized carbons (Fsp3) is 0.125. The van der Waals surface area contributed by atoms with Crippen LogP contribution in [-0.2, 0) is 0 Å². The Balaban J connectivity index is 3.05. The van der Waals surface area contributed by atoms with Crippen molar-refractivity contribution in [3.8, 4) is 0 Å². The predicted octanol–water partition coefficient (Wildman–Crippen LogP) is 1.62. The maximum absolute atomic E-state index is 12.8. The number of ketones is 1. The monoisotopic (exact) mass is 187 g/mol. The maximum Gasteiger partial charge on any atom is 0.176 e. The van der Waals surface area contributed by atoms with Gasteiger partial charge in [-0.1, -0.05) is 11.6 Å². The van der Waals surface area contributed by atoms with Crippen LogP contribution in [-0.4, -0.2) is 12.3 Å². The number of carbonyl (C=O) groups excluding carboxylic acids is 1. The number of halogens is 2. The molecule has 0 saturated carbocycles. The second-order valence-electron chi connectivity index (χ2n) is 2.26. The summed E-state index contributed by atoms with van der Waals surface area (Å²) in [6.45, 7) is -0.124. The van der Waals surface area contributed by atoms with E-state index in [4.69, 9.17) is 17.3 Å². The van der Waals surface area contributed by atoms with E-state index < -0.39 is 5.82 Å². The zero-order valence-electron chi connectivity index (χ0n) is 6.18. The fourth-order valence-corrected chi connectivity index (χ4v) is 0.905. The molecule has 0 aliphatic rings. The van der Waals surface area contributed by atoms with Crippen LogP contribution in [0.1, 0.15) is 10.4 Å². The highest BCUT2D eigenvalue weighted by Crippen LogP contribution is 2.15. The molecule has 2 N–H and O–H groups in total. The summed E-state index contributed by atoms with van der Waals surface area (Å²) in [5.41, 5.74) is 5.34. The van der Waals surface area contributed by atoms with Crippen molar-refractivity contribution in [3.63, 3.8) is 0 Å². The summed E-state index contributed by atoms with van der Waals surface area (Å²) in [5, 5.41) is 0.00331. The largest absolute Gasteiger partial charge is 0.324 e. The van der Waals surface area contributed by atoms with Crippen molar-refractivity contribution in [2.45, 2.75) is 0 Å². The first-order chi connectivity index (χ1) is 5.65. The van der Waals surface area contributed by atoms with Gasteiger partial charge in [-0.2, -0.15) is 0 Å². The van der Waals surface area contributed by atoms with E-state index in [2.05, 4.69) is 0 Å². The number of hydrogen-bond acceptors (Lipinski definition) is 2. The average molecular weight is 188 g/mol. The van der Waals surface area contributed by atoms with Crippen LogP contribution in [0.3, 0.4) is 0 Å². The number of nitrogens with two attached hydrogens (primary N) is 1. The van der Waals surface area contributed by atoms with Crippen molar-refractivity contribution in [2.75, 3.05) is 6.54 Å². The quantitative estimate of drug-likeness (QED) is 0.715. The fourth-order valence-electron chi connectivity index (χ4n) is 0.787. The molecule has 0 radical (unpaired) electrons. The van der Waals surface area contributed by atoms with Gasteiger partial charge in [0, 0.05) is 5.56 Å². The topological polar surface area (TPSA) is 43.1 Å². The normalized spacial score (nSPS) is 9.92. The third-order valence-electron chi connectivity index (χ3n) is 1.43. The Labute approximate surface area is 74.1 Å². The van der Waals surface area contributed by atoms with Crippen LogP contribution >= 0.6 is 11.6 Å². The summed E-state index contributed by atoms with van der Waals surface area (Å²) in [5.74, 6) is -0.901. The van der Waals surface area contributed by atoms with Crippen molar-refractivity contribution in [2.24, 2.45) is 5.73 Å². The molecule has 0 fully saturated rings. The van der Waals surface area contributed by atoms with Crippen molar-refractivity contribution in [1.82, 2.24) is 0 Å². The second-order valence-corrected chi connectivity index (χ2v) is 2.66. The first-order valence-corrected chi connectivity index (χ1v) is 3.71. The molecule has 0 bridgehead atoms. The second kappa shape index (κ2) is 3.65. The minimum atomic E-state index is -0.601. The molecule has 12 heavy (non-hydrogen) atoms. The Bertz CT molecular complexity index is 314. The Hall–Kier alpha value is -0.930. The van der Waals surface area contributed by atoms with Crippen LogP contribution < -0.4 is 5.73 Å². The van der Waals surface area contributed by atoms with Crippen molar-refractivity contribution in [3.05, 3.63) is 34.6 Å². The van der Waals surface area contributed by atoms with Gasteiger partial charge in [0.15, 0.2) is 5.78 Å². The molecule has 4 heteroatoms. The van der Waals surface area contributed by atoms with E-state index in [1.165, 1.54) is 12.1 Å². The van der Waals surface area contributed by atoms with E-state index in [1.54, 1.807) is 0 Å². The zero-order valence-corrected chi connectivity index (χ0v) is 6.94. The van der Waals surface area contributed by atoms with Crippen LogP contribution in [0.2, 0.25) is 5.02 Å². The SMILES string of the molecule is NCC(=O)c1ccc(Cl)c(F)c1. The van der Waals surface area contributed by atoms with E-state index in [9.17, 15) is 9.18 Å². The first-order valence-electron chi connectivity index (χ1n) is 3.33. The molecule has 1 rings (SSSR count). The van der Waals surface area contributed by atoms with Gasteiger partial charge in [0.05, 0.1) is 11.6 Å². The Kier molecular flexibility index (Phi) is 2.78. The Morgan fingerprint density at radius 1 is 1.58 bits per heavy atom. The molecule has 0 atom stereocenters. The van der Waals surface area contributed by atoms with Gasteiger partial charge in [-0.3, -0.25) is 4.79 Å². The standard InChI is InChI=1S/C8H7ClFNO/c9-6-2-1-5(3-7(6)10)8(12)4-11/h1-3H,4,11H2. The predicted molar refractivity (Wildman–Crippen MR) is 44.8 cm³/mol. The molecular formula is C8H7ClFNO. The lowest BCUT2D eigenvalue weighted by Gasteiger charge is -1.98. The molecule has 0 aliphatic carbocycles. The summed E-state index contributed by atoms with van der Waals surface area (Å²) in [6.07, 6.45) is 0. The maximum atomic E-state index is 12.8. The minimum absolute atomic E-state index is 0.00331. The minimum Gasteiger partial charge on any atom is -0.324 e. The summed E-state index contributed by atoms with van der Waals surface area (Å²) in [4.78, 5) is 10.9. The molecule has 0 spiro atoms.